The van der Waals surface area contributed by atoms with Gasteiger partial charge in [0, 0.05) is 6.54 Å². The van der Waals surface area contributed by atoms with E-state index in [4.69, 9.17) is 9.47 Å². The Balaban J connectivity index is 1.52. The Morgan fingerprint density at radius 2 is 1.40 bits per heavy atom. The van der Waals surface area contributed by atoms with E-state index in [-0.39, 0.29) is 11.9 Å². The summed E-state index contributed by atoms with van der Waals surface area (Å²) in [6, 6.07) is 27.3. The summed E-state index contributed by atoms with van der Waals surface area (Å²) in [5.41, 5.74) is 2.12. The van der Waals surface area contributed by atoms with Gasteiger partial charge in [-0.2, -0.15) is 0 Å². The van der Waals surface area contributed by atoms with E-state index in [2.05, 4.69) is 5.32 Å². The lowest BCUT2D eigenvalue weighted by Gasteiger charge is -2.22. The zero-order valence-corrected chi connectivity index (χ0v) is 17.5. The minimum Gasteiger partial charge on any atom is -0.497 e. The van der Waals surface area contributed by atoms with Crippen LogP contribution in [0.2, 0.25) is 0 Å². The summed E-state index contributed by atoms with van der Waals surface area (Å²) in [6.45, 7) is 1.43. The predicted molar refractivity (Wildman–Crippen MR) is 119 cm³/mol. The van der Waals surface area contributed by atoms with Gasteiger partial charge in [0.05, 0.1) is 19.7 Å². The number of amides is 1. The lowest BCUT2D eigenvalue weighted by atomic mass is 9.99. The number of carbonyl (C=O) groups excluding carboxylic acids is 1. The Labute approximate surface area is 178 Å². The molecule has 156 valence electrons. The van der Waals surface area contributed by atoms with Crippen LogP contribution in [0.3, 0.4) is 0 Å². The van der Waals surface area contributed by atoms with Crippen molar-refractivity contribution in [2.24, 2.45) is 0 Å². The van der Waals surface area contributed by atoms with Crippen molar-refractivity contribution >= 4 is 5.91 Å². The topological polar surface area (TPSA) is 50.8 Å². The maximum absolute atomic E-state index is 12.7. The van der Waals surface area contributed by atoms with Crippen LogP contribution in [0.4, 0.5) is 0 Å². The number of nitrogens with one attached hydrogen (secondary N) is 1. The minimum absolute atomic E-state index is 0.0281. The second kappa shape index (κ2) is 11.0. The van der Waals surface area contributed by atoms with Crippen molar-refractivity contribution < 1.29 is 14.3 Å². The summed E-state index contributed by atoms with van der Waals surface area (Å²) in [4.78, 5) is 14.7. The fourth-order valence-electron chi connectivity index (χ4n) is 3.17. The molecule has 0 atom stereocenters. The number of nitrogens with zero attached hydrogens (tertiary/aromatic N) is 1. The summed E-state index contributed by atoms with van der Waals surface area (Å²) in [6.07, 6.45) is 0. The Hall–Kier alpha value is -3.31. The molecule has 1 N–H and O–H groups in total. The van der Waals surface area contributed by atoms with Gasteiger partial charge in [0.25, 0.3) is 0 Å². The molecular weight excluding hydrogens is 376 g/mol. The van der Waals surface area contributed by atoms with E-state index in [9.17, 15) is 4.79 Å². The largest absolute Gasteiger partial charge is 0.497 e. The molecule has 3 aromatic carbocycles. The fourth-order valence-corrected chi connectivity index (χ4v) is 3.17. The molecule has 0 aromatic heterocycles. The summed E-state index contributed by atoms with van der Waals surface area (Å²) in [7, 11) is 3.55. The van der Waals surface area contributed by atoms with Crippen molar-refractivity contribution in [1.82, 2.24) is 10.2 Å². The number of benzene rings is 3. The molecule has 0 aliphatic carbocycles. The molecule has 0 saturated carbocycles. The Bertz CT molecular complexity index is 859. The summed E-state index contributed by atoms with van der Waals surface area (Å²) >= 11 is 0. The van der Waals surface area contributed by atoms with Gasteiger partial charge in [0.15, 0.2) is 0 Å². The van der Waals surface area contributed by atoms with Gasteiger partial charge in [-0.15, -0.1) is 0 Å². The predicted octanol–water partition coefficient (Wildman–Crippen LogP) is 3.91. The third-order valence-corrected chi connectivity index (χ3v) is 4.79. The maximum atomic E-state index is 12.7. The fraction of sp³-hybridized carbons (Fsp3) is 0.240. The number of ether oxygens (including phenoxy) is 2. The van der Waals surface area contributed by atoms with Crippen LogP contribution in [-0.4, -0.2) is 44.7 Å². The van der Waals surface area contributed by atoms with Crippen LogP contribution >= 0.6 is 0 Å². The van der Waals surface area contributed by atoms with Gasteiger partial charge in [0.1, 0.15) is 18.1 Å². The number of rotatable bonds is 10. The van der Waals surface area contributed by atoms with E-state index in [1.165, 1.54) is 0 Å². The van der Waals surface area contributed by atoms with Crippen LogP contribution < -0.4 is 14.8 Å². The first-order chi connectivity index (χ1) is 14.7. The normalized spacial score (nSPS) is 10.8. The average molecular weight is 405 g/mol. The molecule has 0 radical (unpaired) electrons. The average Bonchev–Trinajstić information content (AvgIpc) is 2.79. The van der Waals surface area contributed by atoms with Crippen LogP contribution in [0.25, 0.3) is 0 Å². The molecule has 3 rings (SSSR count). The first-order valence-electron chi connectivity index (χ1n) is 10.0. The lowest BCUT2D eigenvalue weighted by Crippen LogP contribution is -2.39. The Kier molecular flexibility index (Phi) is 7.86. The SMILES string of the molecule is COc1ccc(OCCN(C)CC(=O)NC(c2ccccc2)c2ccccc2)cc1. The van der Waals surface area contributed by atoms with Gasteiger partial charge in [-0.3, -0.25) is 9.69 Å². The zero-order valence-electron chi connectivity index (χ0n) is 17.5. The Morgan fingerprint density at radius 1 is 0.867 bits per heavy atom. The van der Waals surface area contributed by atoms with E-state index in [1.54, 1.807) is 7.11 Å². The summed E-state index contributed by atoms with van der Waals surface area (Å²) in [5.74, 6) is 1.55. The number of carbonyl (C=O) groups is 1. The highest BCUT2D eigenvalue weighted by atomic mass is 16.5. The van der Waals surface area contributed by atoms with Gasteiger partial charge >= 0.3 is 0 Å². The van der Waals surface area contributed by atoms with Gasteiger partial charge in [-0.25, -0.2) is 0 Å². The van der Waals surface area contributed by atoms with Crippen molar-refractivity contribution in [2.75, 3.05) is 33.9 Å². The molecule has 5 nitrogen and oxygen atoms in total. The minimum atomic E-state index is -0.177. The van der Waals surface area contributed by atoms with Gasteiger partial charge in [0.2, 0.25) is 5.91 Å². The second-order valence-electron chi connectivity index (χ2n) is 7.08. The molecule has 0 saturated heterocycles. The zero-order chi connectivity index (χ0) is 21.2. The van der Waals surface area contributed by atoms with Crippen LogP contribution in [0, 0.1) is 0 Å². The standard InChI is InChI=1S/C25H28N2O3/c1-27(17-18-30-23-15-13-22(29-2)14-16-23)19-24(28)26-25(20-9-5-3-6-10-20)21-11-7-4-8-12-21/h3-16,25H,17-19H2,1-2H3,(H,26,28). The highest BCUT2D eigenvalue weighted by molar-refractivity contribution is 5.79. The molecule has 30 heavy (non-hydrogen) atoms. The highest BCUT2D eigenvalue weighted by Crippen LogP contribution is 2.21. The molecule has 3 aromatic rings. The molecule has 5 heteroatoms. The van der Waals surface area contributed by atoms with Crippen molar-refractivity contribution in [1.29, 1.82) is 0 Å². The number of hydrogen-bond donors (Lipinski definition) is 1. The molecule has 0 unspecified atom stereocenters. The van der Waals surface area contributed by atoms with Crippen molar-refractivity contribution in [2.45, 2.75) is 6.04 Å². The Morgan fingerprint density at radius 3 is 1.93 bits per heavy atom. The van der Waals surface area contributed by atoms with Gasteiger partial charge < -0.3 is 14.8 Å². The molecule has 0 fully saturated rings. The monoisotopic (exact) mass is 404 g/mol. The molecular formula is C25H28N2O3. The molecule has 0 bridgehead atoms. The van der Waals surface area contributed by atoms with Crippen molar-refractivity contribution in [3.05, 3.63) is 96.1 Å². The van der Waals surface area contributed by atoms with E-state index in [0.29, 0.717) is 19.7 Å². The van der Waals surface area contributed by atoms with Gasteiger partial charge in [-0.1, -0.05) is 60.7 Å². The lowest BCUT2D eigenvalue weighted by molar-refractivity contribution is -0.122. The molecule has 0 aliphatic rings. The van der Waals surface area contributed by atoms with Crippen molar-refractivity contribution in [3.63, 3.8) is 0 Å². The van der Waals surface area contributed by atoms with Gasteiger partial charge in [-0.05, 0) is 42.4 Å². The van der Waals surface area contributed by atoms with E-state index < -0.39 is 0 Å². The number of methoxy groups -OCH3 is 1. The molecule has 0 heterocycles. The second-order valence-corrected chi connectivity index (χ2v) is 7.08. The first kappa shape index (κ1) is 21.4. The molecule has 0 spiro atoms. The summed E-state index contributed by atoms with van der Waals surface area (Å²) < 4.78 is 10.9. The van der Waals surface area contributed by atoms with E-state index >= 15 is 0 Å². The van der Waals surface area contributed by atoms with Crippen LogP contribution in [0.15, 0.2) is 84.9 Å². The van der Waals surface area contributed by atoms with Crippen LogP contribution in [-0.2, 0) is 4.79 Å². The van der Waals surface area contributed by atoms with Crippen LogP contribution in [0.1, 0.15) is 17.2 Å². The number of likely N-dealkylation sites (N-methyl/N-ethyl adjacent to an activating group) is 1. The van der Waals surface area contributed by atoms with Crippen molar-refractivity contribution in [3.8, 4) is 11.5 Å². The third kappa shape index (κ3) is 6.36. The van der Waals surface area contributed by atoms with E-state index in [1.807, 2.05) is 96.9 Å². The third-order valence-electron chi connectivity index (χ3n) is 4.79. The van der Waals surface area contributed by atoms with Crippen LogP contribution in [0.5, 0.6) is 11.5 Å². The number of hydrogen-bond acceptors (Lipinski definition) is 4. The maximum Gasteiger partial charge on any atom is 0.234 e. The van der Waals surface area contributed by atoms with E-state index in [0.717, 1.165) is 22.6 Å². The molecule has 0 aliphatic heterocycles. The molecule has 1 amide bonds. The summed E-state index contributed by atoms with van der Waals surface area (Å²) in [5, 5.41) is 3.17. The smallest absolute Gasteiger partial charge is 0.234 e. The first-order valence-corrected chi connectivity index (χ1v) is 10.0. The highest BCUT2D eigenvalue weighted by Gasteiger charge is 2.17. The quantitative estimate of drug-likeness (QED) is 0.557.